The molecule has 0 fully saturated rings. The van der Waals surface area contributed by atoms with Crippen LogP contribution in [0.15, 0.2) is 182 Å². The van der Waals surface area contributed by atoms with E-state index >= 15 is 0 Å². The highest BCUT2D eigenvalue weighted by Crippen LogP contribution is 2.36. The lowest BCUT2D eigenvalue weighted by Gasteiger charge is -2.12. The van der Waals surface area contributed by atoms with E-state index in [1.165, 1.54) is 49.3 Å². The molecule has 7 aromatic carbocycles. The number of nitrogens with zero attached hydrogens (tertiary/aromatic N) is 4. The first-order valence-electron chi connectivity index (χ1n) is 18.6. The molecule has 0 saturated carbocycles. The fourth-order valence-corrected chi connectivity index (χ4v) is 7.52. The lowest BCUT2D eigenvalue weighted by Crippen LogP contribution is -2.02. The second-order valence-electron chi connectivity index (χ2n) is 13.5. The monoisotopic (exact) mass is 694 g/mol. The van der Waals surface area contributed by atoms with Gasteiger partial charge in [0, 0.05) is 33.2 Å². The minimum Gasteiger partial charge on any atom is -0.309 e. The van der Waals surface area contributed by atoms with Crippen molar-refractivity contribution < 1.29 is 0 Å². The van der Waals surface area contributed by atoms with Crippen LogP contribution in [0.5, 0.6) is 0 Å². The summed E-state index contributed by atoms with van der Waals surface area (Å²) in [6.45, 7) is 4.14. The van der Waals surface area contributed by atoms with Crippen LogP contribution in [0.4, 0.5) is 0 Å². The number of allylic oxidation sites excluding steroid dienone is 4. The number of benzene rings is 7. The topological polar surface area (TPSA) is 43.6 Å². The van der Waals surface area contributed by atoms with Gasteiger partial charge in [-0.2, -0.15) is 0 Å². The van der Waals surface area contributed by atoms with Crippen molar-refractivity contribution in [2.24, 2.45) is 0 Å². The number of hydrogen-bond acceptors (Lipinski definition) is 3. The molecule has 0 spiro atoms. The lowest BCUT2D eigenvalue weighted by molar-refractivity contribution is 1.03. The van der Waals surface area contributed by atoms with Crippen LogP contribution < -0.4 is 0 Å². The molecular weight excluding hydrogens is 657 g/mol. The zero-order valence-corrected chi connectivity index (χ0v) is 30.3. The van der Waals surface area contributed by atoms with Crippen LogP contribution in [-0.4, -0.2) is 19.5 Å². The van der Waals surface area contributed by atoms with Crippen LogP contribution in [0.2, 0.25) is 0 Å². The van der Waals surface area contributed by atoms with E-state index < -0.39 is 0 Å². The van der Waals surface area contributed by atoms with Crippen molar-refractivity contribution >= 4 is 38.2 Å². The molecule has 0 radical (unpaired) electrons. The van der Waals surface area contributed by atoms with Crippen molar-refractivity contribution in [2.75, 3.05) is 0 Å². The van der Waals surface area contributed by atoms with Gasteiger partial charge in [-0.05, 0) is 76.7 Å². The van der Waals surface area contributed by atoms with Crippen molar-refractivity contribution in [3.63, 3.8) is 0 Å². The third kappa shape index (κ3) is 6.08. The minimum absolute atomic E-state index is 0.655. The molecule has 0 saturated heterocycles. The quantitative estimate of drug-likeness (QED) is 0.149. The largest absolute Gasteiger partial charge is 0.309 e. The number of rotatable bonds is 8. The average Bonchev–Trinajstić information content (AvgIpc) is 3.58. The van der Waals surface area contributed by atoms with Gasteiger partial charge in [-0.1, -0.05) is 159 Å². The third-order valence-electron chi connectivity index (χ3n) is 10.0. The smallest absolute Gasteiger partial charge is 0.164 e. The Labute approximate surface area is 315 Å². The van der Waals surface area contributed by atoms with Gasteiger partial charge in [-0.15, -0.1) is 0 Å². The molecule has 54 heavy (non-hydrogen) atoms. The zero-order chi connectivity index (χ0) is 36.4. The van der Waals surface area contributed by atoms with Crippen molar-refractivity contribution in [3.05, 3.63) is 188 Å². The van der Waals surface area contributed by atoms with Gasteiger partial charge in [0.05, 0.1) is 11.0 Å². The van der Waals surface area contributed by atoms with E-state index in [4.69, 9.17) is 15.0 Å². The van der Waals surface area contributed by atoms with Crippen LogP contribution in [-0.2, 0) is 0 Å². The molecule has 0 N–H and O–H groups in total. The maximum Gasteiger partial charge on any atom is 0.164 e. The van der Waals surface area contributed by atoms with Crippen LogP contribution in [0.25, 0.3) is 88.9 Å². The molecule has 4 heteroatoms. The molecule has 0 amide bonds. The average molecular weight is 695 g/mol. The van der Waals surface area contributed by atoms with E-state index in [9.17, 15) is 0 Å². The summed E-state index contributed by atoms with van der Waals surface area (Å²) in [7, 11) is 0. The van der Waals surface area contributed by atoms with E-state index in [1.54, 1.807) is 0 Å². The third-order valence-corrected chi connectivity index (χ3v) is 10.0. The zero-order valence-electron chi connectivity index (χ0n) is 30.3. The molecule has 0 atom stereocenters. The van der Waals surface area contributed by atoms with E-state index in [0.29, 0.717) is 17.5 Å². The first-order valence-corrected chi connectivity index (χ1v) is 18.6. The summed E-state index contributed by atoms with van der Waals surface area (Å²) in [6.07, 6.45) is 7.14. The second-order valence-corrected chi connectivity index (χ2v) is 13.5. The second kappa shape index (κ2) is 14.3. The SMILES string of the molecule is C/C=C\C(=C/CC)c1nc(-c2ccccc2)nc(-c2ccc(-c3cccc4cc(-c5cccc(-n6c7ccccc7c7ccccc76)c5)ccc34)cc2)n1. The fourth-order valence-electron chi connectivity index (χ4n) is 7.52. The van der Waals surface area contributed by atoms with Gasteiger partial charge < -0.3 is 4.57 Å². The van der Waals surface area contributed by atoms with Gasteiger partial charge in [0.1, 0.15) is 0 Å². The summed E-state index contributed by atoms with van der Waals surface area (Å²) < 4.78 is 2.38. The predicted molar refractivity (Wildman–Crippen MR) is 226 cm³/mol. The number of hydrogen-bond donors (Lipinski definition) is 0. The molecule has 9 aromatic rings. The molecule has 0 aliphatic rings. The fraction of sp³-hybridized carbons (Fsp3) is 0.0600. The summed E-state index contributed by atoms with van der Waals surface area (Å²) in [5.41, 5.74) is 11.2. The highest BCUT2D eigenvalue weighted by molar-refractivity contribution is 6.09. The first kappa shape index (κ1) is 33.0. The number of fused-ring (bicyclic) bond motifs is 4. The van der Waals surface area contributed by atoms with Gasteiger partial charge in [-0.25, -0.2) is 15.0 Å². The summed E-state index contributed by atoms with van der Waals surface area (Å²) in [4.78, 5) is 14.8. The van der Waals surface area contributed by atoms with Gasteiger partial charge in [0.2, 0.25) is 0 Å². The summed E-state index contributed by atoms with van der Waals surface area (Å²) in [6, 6.07) is 58.3. The normalized spacial score (nSPS) is 12.0. The highest BCUT2D eigenvalue weighted by atomic mass is 15.0. The maximum absolute atomic E-state index is 4.97. The summed E-state index contributed by atoms with van der Waals surface area (Å²) in [5, 5.41) is 4.94. The summed E-state index contributed by atoms with van der Waals surface area (Å²) in [5.74, 6) is 1.99. The van der Waals surface area contributed by atoms with Gasteiger partial charge in [-0.3, -0.25) is 0 Å². The van der Waals surface area contributed by atoms with E-state index in [-0.39, 0.29) is 0 Å². The van der Waals surface area contributed by atoms with Crippen LogP contribution in [0.3, 0.4) is 0 Å². The van der Waals surface area contributed by atoms with Gasteiger partial charge in [0.15, 0.2) is 17.5 Å². The Morgan fingerprint density at radius 3 is 1.81 bits per heavy atom. The predicted octanol–water partition coefficient (Wildman–Crippen LogP) is 13.2. The molecular formula is C50H38N4. The minimum atomic E-state index is 0.655. The Balaban J connectivity index is 1.07. The van der Waals surface area contributed by atoms with Crippen molar-refractivity contribution in [1.82, 2.24) is 19.5 Å². The molecule has 4 nitrogen and oxygen atoms in total. The molecule has 258 valence electrons. The Hall–Kier alpha value is -6.91. The maximum atomic E-state index is 4.97. The highest BCUT2D eigenvalue weighted by Gasteiger charge is 2.15. The standard InChI is InChI=1S/C50H38N4/c1-3-14-35(15-4-2)48-51-49(36-16-6-5-7-17-36)53-50(52-48)37-28-26-34(27-29-37)42-23-13-19-40-32-39(30-31-43(40)42)38-18-12-20-41(33-38)54-46-24-10-8-21-44(46)45-22-9-11-25-47(45)54/h3,5-33H,4H2,1-2H3/b14-3-,35-15+. The van der Waals surface area contributed by atoms with Crippen molar-refractivity contribution in [1.29, 1.82) is 0 Å². The van der Waals surface area contributed by atoms with Crippen molar-refractivity contribution in [2.45, 2.75) is 20.3 Å². The van der Waals surface area contributed by atoms with Crippen molar-refractivity contribution in [3.8, 4) is 50.7 Å². The van der Waals surface area contributed by atoms with E-state index in [1.807, 2.05) is 43.3 Å². The Kier molecular flexibility index (Phi) is 8.70. The molecule has 0 unspecified atom stereocenters. The van der Waals surface area contributed by atoms with Gasteiger partial charge in [0.25, 0.3) is 0 Å². The van der Waals surface area contributed by atoms with E-state index in [2.05, 4.69) is 157 Å². The van der Waals surface area contributed by atoms with Crippen LogP contribution in [0, 0.1) is 0 Å². The summed E-state index contributed by atoms with van der Waals surface area (Å²) >= 11 is 0. The van der Waals surface area contributed by atoms with Gasteiger partial charge >= 0.3 is 0 Å². The van der Waals surface area contributed by atoms with E-state index in [0.717, 1.165) is 34.4 Å². The molecule has 0 bridgehead atoms. The molecule has 2 heterocycles. The molecule has 9 rings (SSSR count). The molecule has 2 aromatic heterocycles. The molecule has 0 aliphatic heterocycles. The Morgan fingerprint density at radius 1 is 0.519 bits per heavy atom. The molecule has 0 aliphatic carbocycles. The lowest BCUT2D eigenvalue weighted by atomic mass is 9.94. The number of aromatic nitrogens is 4. The Morgan fingerprint density at radius 2 is 1.11 bits per heavy atom. The first-order chi connectivity index (χ1) is 26.7. The van der Waals surface area contributed by atoms with Crippen LogP contribution in [0.1, 0.15) is 26.1 Å². The number of para-hydroxylation sites is 2. The Bertz CT molecular complexity index is 2810. The van der Waals surface area contributed by atoms with Crippen LogP contribution >= 0.6 is 0 Å².